The SMILES string of the molecule is CCN1CCN(c2cc(N3CCC4(CC3)CN(C(=O)OC(C)(C)C)C4)ncn2)CC1. The van der Waals surface area contributed by atoms with E-state index in [1.807, 2.05) is 25.7 Å². The number of anilines is 2. The molecule has 1 aromatic rings. The van der Waals surface area contributed by atoms with Gasteiger partial charge in [0.2, 0.25) is 0 Å². The van der Waals surface area contributed by atoms with Gasteiger partial charge in [-0.15, -0.1) is 0 Å². The van der Waals surface area contributed by atoms with Gasteiger partial charge >= 0.3 is 6.09 Å². The molecule has 0 radical (unpaired) electrons. The molecular formula is C22H36N6O2. The lowest BCUT2D eigenvalue weighted by Gasteiger charge is -2.53. The van der Waals surface area contributed by atoms with E-state index < -0.39 is 5.60 Å². The molecule has 4 rings (SSSR count). The van der Waals surface area contributed by atoms with Crippen molar-refractivity contribution in [2.45, 2.75) is 46.1 Å². The predicted molar refractivity (Wildman–Crippen MR) is 118 cm³/mol. The molecule has 3 aliphatic heterocycles. The summed E-state index contributed by atoms with van der Waals surface area (Å²) in [6, 6.07) is 2.15. The van der Waals surface area contributed by atoms with Crippen molar-refractivity contribution in [1.82, 2.24) is 19.8 Å². The van der Waals surface area contributed by atoms with Crippen molar-refractivity contribution < 1.29 is 9.53 Å². The van der Waals surface area contributed by atoms with E-state index in [-0.39, 0.29) is 11.5 Å². The van der Waals surface area contributed by atoms with Crippen LogP contribution in [0.3, 0.4) is 0 Å². The molecule has 4 heterocycles. The molecule has 30 heavy (non-hydrogen) atoms. The molecular weight excluding hydrogens is 380 g/mol. The summed E-state index contributed by atoms with van der Waals surface area (Å²) in [5.41, 5.74) is -0.184. The third-order valence-corrected chi connectivity index (χ3v) is 6.63. The highest BCUT2D eigenvalue weighted by molar-refractivity contribution is 5.69. The summed E-state index contributed by atoms with van der Waals surface area (Å²) in [5.74, 6) is 2.06. The van der Waals surface area contributed by atoms with Crippen LogP contribution in [-0.4, -0.2) is 90.4 Å². The molecule has 0 saturated carbocycles. The Hall–Kier alpha value is -2.09. The molecule has 0 aromatic carbocycles. The van der Waals surface area contributed by atoms with E-state index in [0.29, 0.717) is 0 Å². The van der Waals surface area contributed by atoms with Crippen LogP contribution in [0.4, 0.5) is 16.4 Å². The van der Waals surface area contributed by atoms with Gasteiger partial charge in [0.05, 0.1) is 0 Å². The number of likely N-dealkylation sites (tertiary alicyclic amines) is 1. The number of piperidine rings is 1. The second-order valence-electron chi connectivity index (χ2n) is 9.98. The van der Waals surface area contributed by atoms with Crippen molar-refractivity contribution in [2.24, 2.45) is 5.41 Å². The van der Waals surface area contributed by atoms with Gasteiger partial charge in [0.1, 0.15) is 23.6 Å². The van der Waals surface area contributed by atoms with Crippen LogP contribution >= 0.6 is 0 Å². The minimum atomic E-state index is -0.433. The number of amides is 1. The Balaban J connectivity index is 1.30. The summed E-state index contributed by atoms with van der Waals surface area (Å²) in [6.45, 7) is 16.9. The lowest BCUT2D eigenvalue weighted by molar-refractivity contribution is -0.0434. The van der Waals surface area contributed by atoms with Crippen LogP contribution in [0.1, 0.15) is 40.5 Å². The maximum absolute atomic E-state index is 12.2. The smallest absolute Gasteiger partial charge is 0.410 e. The van der Waals surface area contributed by atoms with E-state index >= 15 is 0 Å². The number of nitrogens with zero attached hydrogens (tertiary/aromatic N) is 6. The minimum absolute atomic E-state index is 0.181. The zero-order valence-corrected chi connectivity index (χ0v) is 18.9. The van der Waals surface area contributed by atoms with Gasteiger partial charge < -0.3 is 24.3 Å². The Kier molecular flexibility index (Phi) is 5.79. The molecule has 8 heteroatoms. The summed E-state index contributed by atoms with van der Waals surface area (Å²) < 4.78 is 5.50. The van der Waals surface area contributed by atoms with Gasteiger partial charge in [-0.25, -0.2) is 14.8 Å². The van der Waals surface area contributed by atoms with Gasteiger partial charge in [0.25, 0.3) is 0 Å². The van der Waals surface area contributed by atoms with Crippen LogP contribution in [0.2, 0.25) is 0 Å². The van der Waals surface area contributed by atoms with Crippen molar-refractivity contribution in [1.29, 1.82) is 0 Å². The first-order valence-corrected chi connectivity index (χ1v) is 11.3. The Morgan fingerprint density at radius 2 is 1.57 bits per heavy atom. The highest BCUT2D eigenvalue weighted by atomic mass is 16.6. The first kappa shape index (κ1) is 21.2. The second-order valence-corrected chi connectivity index (χ2v) is 9.98. The van der Waals surface area contributed by atoms with Crippen LogP contribution in [0, 0.1) is 5.41 Å². The van der Waals surface area contributed by atoms with E-state index in [4.69, 9.17) is 4.74 Å². The second kappa shape index (κ2) is 8.21. The highest BCUT2D eigenvalue weighted by Crippen LogP contribution is 2.41. The fraction of sp³-hybridized carbons (Fsp3) is 0.773. The van der Waals surface area contributed by atoms with E-state index in [2.05, 4.69) is 37.7 Å². The summed E-state index contributed by atoms with van der Waals surface area (Å²) in [5, 5.41) is 0. The van der Waals surface area contributed by atoms with E-state index in [1.165, 1.54) is 0 Å². The summed E-state index contributed by atoms with van der Waals surface area (Å²) in [4.78, 5) is 30.4. The molecule has 0 atom stereocenters. The molecule has 166 valence electrons. The molecule has 0 unspecified atom stereocenters. The summed E-state index contributed by atoms with van der Waals surface area (Å²) >= 11 is 0. The zero-order chi connectivity index (χ0) is 21.4. The highest BCUT2D eigenvalue weighted by Gasteiger charge is 2.48. The van der Waals surface area contributed by atoms with E-state index in [1.54, 1.807) is 6.33 Å². The van der Waals surface area contributed by atoms with Crippen LogP contribution in [0.25, 0.3) is 0 Å². The third-order valence-electron chi connectivity index (χ3n) is 6.63. The van der Waals surface area contributed by atoms with Gasteiger partial charge in [0, 0.05) is 63.8 Å². The van der Waals surface area contributed by atoms with Gasteiger partial charge in [-0.2, -0.15) is 0 Å². The quantitative estimate of drug-likeness (QED) is 0.750. The largest absolute Gasteiger partial charge is 0.444 e. The number of ether oxygens (including phenoxy) is 1. The molecule has 1 aromatic heterocycles. The average Bonchev–Trinajstić information content (AvgIpc) is 2.71. The van der Waals surface area contributed by atoms with Crippen molar-refractivity contribution in [2.75, 3.05) is 68.7 Å². The molecule has 1 spiro atoms. The number of rotatable bonds is 3. The van der Waals surface area contributed by atoms with Crippen molar-refractivity contribution in [3.05, 3.63) is 12.4 Å². The van der Waals surface area contributed by atoms with Crippen molar-refractivity contribution >= 4 is 17.7 Å². The summed E-state index contributed by atoms with van der Waals surface area (Å²) in [6.07, 6.45) is 3.69. The van der Waals surface area contributed by atoms with Crippen molar-refractivity contribution in [3.63, 3.8) is 0 Å². The average molecular weight is 417 g/mol. The maximum Gasteiger partial charge on any atom is 0.410 e. The van der Waals surface area contributed by atoms with Crippen molar-refractivity contribution in [3.8, 4) is 0 Å². The lowest BCUT2D eigenvalue weighted by Crippen LogP contribution is -2.62. The van der Waals surface area contributed by atoms with Crippen LogP contribution in [0.15, 0.2) is 12.4 Å². The standard InChI is InChI=1S/C22H36N6O2/c1-5-25-10-12-27(13-11-25)19-14-18(23-17-24-19)26-8-6-22(7-9-26)15-28(16-22)20(29)30-21(2,3)4/h14,17H,5-13,15-16H2,1-4H3. The fourth-order valence-corrected chi connectivity index (χ4v) is 4.72. The zero-order valence-electron chi connectivity index (χ0n) is 18.9. The Morgan fingerprint density at radius 3 is 2.10 bits per heavy atom. The van der Waals surface area contributed by atoms with Gasteiger partial charge in [0.15, 0.2) is 0 Å². The molecule has 3 aliphatic rings. The molecule has 3 saturated heterocycles. The van der Waals surface area contributed by atoms with Gasteiger partial charge in [-0.3, -0.25) is 0 Å². The number of hydrogen-bond acceptors (Lipinski definition) is 7. The topological polar surface area (TPSA) is 65.0 Å². The normalized spacial score (nSPS) is 22.2. The number of aromatic nitrogens is 2. The minimum Gasteiger partial charge on any atom is -0.444 e. The number of piperazine rings is 1. The third kappa shape index (κ3) is 4.63. The molecule has 0 aliphatic carbocycles. The molecule has 0 N–H and O–H groups in total. The Bertz CT molecular complexity index is 740. The van der Waals surface area contributed by atoms with Crippen LogP contribution < -0.4 is 9.80 Å². The Morgan fingerprint density at radius 1 is 1.00 bits per heavy atom. The fourth-order valence-electron chi connectivity index (χ4n) is 4.72. The number of hydrogen-bond donors (Lipinski definition) is 0. The first-order chi connectivity index (χ1) is 14.3. The molecule has 8 nitrogen and oxygen atoms in total. The van der Waals surface area contributed by atoms with Crippen LogP contribution in [-0.2, 0) is 4.74 Å². The molecule has 3 fully saturated rings. The molecule has 1 amide bonds. The number of likely N-dealkylation sites (N-methyl/N-ethyl adjacent to an activating group) is 1. The molecule has 0 bridgehead atoms. The monoisotopic (exact) mass is 416 g/mol. The lowest BCUT2D eigenvalue weighted by atomic mass is 9.72. The van der Waals surface area contributed by atoms with E-state index in [9.17, 15) is 4.79 Å². The predicted octanol–water partition coefficient (Wildman–Crippen LogP) is 2.46. The van der Waals surface area contributed by atoms with E-state index in [0.717, 1.165) is 83.4 Å². The number of carbonyl (C=O) groups is 1. The first-order valence-electron chi connectivity index (χ1n) is 11.3. The van der Waals surface area contributed by atoms with Gasteiger partial charge in [-0.05, 0) is 40.2 Å². The van der Waals surface area contributed by atoms with Crippen LogP contribution in [0.5, 0.6) is 0 Å². The Labute approximate surface area is 180 Å². The summed E-state index contributed by atoms with van der Waals surface area (Å²) in [7, 11) is 0. The van der Waals surface area contributed by atoms with Gasteiger partial charge in [-0.1, -0.05) is 6.92 Å². The number of carbonyl (C=O) groups excluding carboxylic acids is 1. The maximum atomic E-state index is 12.2.